The van der Waals surface area contributed by atoms with Gasteiger partial charge in [0.1, 0.15) is 0 Å². The van der Waals surface area contributed by atoms with Gasteiger partial charge in [-0.1, -0.05) is 32.8 Å². The van der Waals surface area contributed by atoms with Crippen LogP contribution in [0.25, 0.3) is 0 Å². The van der Waals surface area contributed by atoms with Crippen LogP contribution in [0, 0.1) is 10.8 Å². The summed E-state index contributed by atoms with van der Waals surface area (Å²) in [5.74, 6) is 0.281. The molecule has 15 heavy (non-hydrogen) atoms. The lowest BCUT2D eigenvalue weighted by molar-refractivity contribution is -0.114. The van der Waals surface area contributed by atoms with Crippen molar-refractivity contribution in [2.24, 2.45) is 10.8 Å². The Morgan fingerprint density at radius 2 is 1.80 bits per heavy atom. The first kappa shape index (κ1) is 10.9. The van der Waals surface area contributed by atoms with E-state index in [-0.39, 0.29) is 5.78 Å². The molecule has 1 fully saturated rings. The summed E-state index contributed by atoms with van der Waals surface area (Å²) in [7, 11) is 0. The summed E-state index contributed by atoms with van der Waals surface area (Å²) in [6, 6.07) is 0. The Balaban J connectivity index is 2.30. The zero-order valence-corrected chi connectivity index (χ0v) is 10.2. The summed E-state index contributed by atoms with van der Waals surface area (Å²) >= 11 is 0. The third-order valence-electron chi connectivity index (χ3n) is 5.00. The van der Waals surface area contributed by atoms with Gasteiger partial charge in [0.05, 0.1) is 0 Å². The smallest absolute Gasteiger partial charge is 0.155 e. The SMILES string of the molecule is CC(=O)C1=CC[C@@]2(C)CCCC[C@@]2(C)C1. The van der Waals surface area contributed by atoms with Gasteiger partial charge in [0, 0.05) is 0 Å². The average Bonchev–Trinajstić information content (AvgIpc) is 2.17. The molecule has 2 rings (SSSR count). The second-order valence-corrected chi connectivity index (χ2v) is 5.99. The molecule has 0 heterocycles. The quantitative estimate of drug-likeness (QED) is 0.636. The van der Waals surface area contributed by atoms with Crippen LogP contribution in [0.3, 0.4) is 0 Å². The second kappa shape index (κ2) is 3.47. The highest BCUT2D eigenvalue weighted by Gasteiger charge is 2.47. The van der Waals surface area contributed by atoms with Crippen LogP contribution < -0.4 is 0 Å². The van der Waals surface area contributed by atoms with Gasteiger partial charge in [0.15, 0.2) is 5.78 Å². The predicted molar refractivity (Wildman–Crippen MR) is 62.7 cm³/mol. The first-order chi connectivity index (χ1) is 6.97. The Kier molecular flexibility index (Phi) is 2.52. The van der Waals surface area contributed by atoms with E-state index >= 15 is 0 Å². The lowest BCUT2D eigenvalue weighted by atomic mass is 9.52. The van der Waals surface area contributed by atoms with E-state index in [0.29, 0.717) is 10.8 Å². The molecule has 0 unspecified atom stereocenters. The molecule has 0 radical (unpaired) electrons. The molecule has 2 aliphatic carbocycles. The van der Waals surface area contributed by atoms with Gasteiger partial charge >= 0.3 is 0 Å². The largest absolute Gasteiger partial charge is 0.295 e. The standard InChI is InChI=1S/C14H22O/c1-11(15)12-6-9-13(2)7-4-5-8-14(13,3)10-12/h6H,4-5,7-10H2,1-3H3/t13-,14+/m1/s1. The van der Waals surface area contributed by atoms with Gasteiger partial charge in [0.2, 0.25) is 0 Å². The molecule has 0 saturated heterocycles. The summed E-state index contributed by atoms with van der Waals surface area (Å²) in [5.41, 5.74) is 1.91. The highest BCUT2D eigenvalue weighted by Crippen LogP contribution is 2.58. The molecule has 0 aromatic carbocycles. The van der Waals surface area contributed by atoms with Gasteiger partial charge < -0.3 is 0 Å². The normalized spacial score (nSPS) is 40.6. The monoisotopic (exact) mass is 206 g/mol. The topological polar surface area (TPSA) is 17.1 Å². The van der Waals surface area contributed by atoms with E-state index in [0.717, 1.165) is 18.4 Å². The summed E-state index contributed by atoms with van der Waals surface area (Å²) in [6.07, 6.45) is 9.68. The van der Waals surface area contributed by atoms with Crippen molar-refractivity contribution in [1.82, 2.24) is 0 Å². The van der Waals surface area contributed by atoms with Gasteiger partial charge in [-0.25, -0.2) is 0 Å². The second-order valence-electron chi connectivity index (χ2n) is 5.99. The third kappa shape index (κ3) is 1.66. The van der Waals surface area contributed by atoms with E-state index in [1.165, 1.54) is 25.7 Å². The number of Topliss-reactive ketones (excluding diaryl/α,β-unsaturated/α-hetero) is 1. The van der Waals surface area contributed by atoms with Crippen molar-refractivity contribution in [3.63, 3.8) is 0 Å². The van der Waals surface area contributed by atoms with Crippen LogP contribution in [-0.2, 0) is 4.79 Å². The maximum atomic E-state index is 11.5. The Hall–Kier alpha value is -0.590. The molecule has 2 aliphatic rings. The van der Waals surface area contributed by atoms with Crippen molar-refractivity contribution < 1.29 is 4.79 Å². The van der Waals surface area contributed by atoms with E-state index in [9.17, 15) is 4.79 Å². The maximum absolute atomic E-state index is 11.5. The van der Waals surface area contributed by atoms with Crippen molar-refractivity contribution in [1.29, 1.82) is 0 Å². The van der Waals surface area contributed by atoms with Crippen molar-refractivity contribution in [3.8, 4) is 0 Å². The number of rotatable bonds is 1. The molecule has 0 aromatic heterocycles. The first-order valence-electron chi connectivity index (χ1n) is 6.17. The average molecular weight is 206 g/mol. The van der Waals surface area contributed by atoms with Gasteiger partial charge in [0.25, 0.3) is 0 Å². The Labute approximate surface area is 92.9 Å². The van der Waals surface area contributed by atoms with Gasteiger partial charge in [-0.2, -0.15) is 0 Å². The molecule has 0 N–H and O–H groups in total. The number of ketones is 1. The zero-order chi connectivity index (χ0) is 11.1. The van der Waals surface area contributed by atoms with Gasteiger partial charge in [-0.15, -0.1) is 0 Å². The number of fused-ring (bicyclic) bond motifs is 1. The minimum atomic E-state index is 0.281. The Morgan fingerprint density at radius 3 is 2.40 bits per heavy atom. The molecule has 0 bridgehead atoms. The lowest BCUT2D eigenvalue weighted by Crippen LogP contribution is -2.43. The Morgan fingerprint density at radius 1 is 1.20 bits per heavy atom. The van der Waals surface area contributed by atoms with Crippen LogP contribution in [0.5, 0.6) is 0 Å². The van der Waals surface area contributed by atoms with Crippen molar-refractivity contribution >= 4 is 5.78 Å². The van der Waals surface area contributed by atoms with E-state index in [1.807, 2.05) is 0 Å². The van der Waals surface area contributed by atoms with Gasteiger partial charge in [-0.3, -0.25) is 4.79 Å². The van der Waals surface area contributed by atoms with Gasteiger partial charge in [-0.05, 0) is 49.0 Å². The van der Waals surface area contributed by atoms with Crippen LogP contribution in [0.2, 0.25) is 0 Å². The first-order valence-corrected chi connectivity index (χ1v) is 6.17. The highest BCUT2D eigenvalue weighted by molar-refractivity contribution is 5.93. The third-order valence-corrected chi connectivity index (χ3v) is 5.00. The zero-order valence-electron chi connectivity index (χ0n) is 10.2. The molecule has 1 nitrogen and oxygen atoms in total. The molecule has 1 heteroatoms. The van der Waals surface area contributed by atoms with E-state index in [4.69, 9.17) is 0 Å². The molecule has 84 valence electrons. The van der Waals surface area contributed by atoms with Crippen molar-refractivity contribution in [2.45, 2.75) is 59.3 Å². The molecule has 0 aliphatic heterocycles. The fourth-order valence-electron chi connectivity index (χ4n) is 3.39. The number of allylic oxidation sites excluding steroid dienone is 2. The van der Waals surface area contributed by atoms with Crippen LogP contribution in [0.4, 0.5) is 0 Å². The number of hydrogen-bond acceptors (Lipinski definition) is 1. The molecular weight excluding hydrogens is 184 g/mol. The Bertz CT molecular complexity index is 315. The van der Waals surface area contributed by atoms with E-state index < -0.39 is 0 Å². The molecule has 0 amide bonds. The molecule has 1 saturated carbocycles. The van der Waals surface area contributed by atoms with Crippen molar-refractivity contribution in [3.05, 3.63) is 11.6 Å². The molecular formula is C14H22O. The highest BCUT2D eigenvalue weighted by atomic mass is 16.1. The van der Waals surface area contributed by atoms with Crippen LogP contribution >= 0.6 is 0 Å². The summed E-state index contributed by atoms with van der Waals surface area (Å²) in [5, 5.41) is 0. The summed E-state index contributed by atoms with van der Waals surface area (Å²) in [4.78, 5) is 11.5. The fourth-order valence-corrected chi connectivity index (χ4v) is 3.39. The number of carbonyl (C=O) groups excluding carboxylic acids is 1. The van der Waals surface area contributed by atoms with Crippen LogP contribution in [-0.4, -0.2) is 5.78 Å². The minimum absolute atomic E-state index is 0.281. The van der Waals surface area contributed by atoms with Crippen LogP contribution in [0.1, 0.15) is 59.3 Å². The lowest BCUT2D eigenvalue weighted by Gasteiger charge is -2.52. The van der Waals surface area contributed by atoms with E-state index in [2.05, 4.69) is 19.9 Å². The molecule has 2 atom stereocenters. The molecule has 0 spiro atoms. The number of hydrogen-bond donors (Lipinski definition) is 0. The van der Waals surface area contributed by atoms with Crippen LogP contribution in [0.15, 0.2) is 11.6 Å². The molecule has 0 aromatic rings. The predicted octanol–water partition coefficient (Wildman–Crippen LogP) is 3.88. The fraction of sp³-hybridized carbons (Fsp3) is 0.786. The number of carbonyl (C=O) groups is 1. The minimum Gasteiger partial charge on any atom is -0.295 e. The summed E-state index contributed by atoms with van der Waals surface area (Å²) in [6.45, 7) is 6.52. The van der Waals surface area contributed by atoms with Crippen molar-refractivity contribution in [2.75, 3.05) is 0 Å². The van der Waals surface area contributed by atoms with E-state index in [1.54, 1.807) is 6.92 Å². The maximum Gasteiger partial charge on any atom is 0.155 e. The summed E-state index contributed by atoms with van der Waals surface area (Å²) < 4.78 is 0.